The summed E-state index contributed by atoms with van der Waals surface area (Å²) in [5.41, 5.74) is 13.1. The molecule has 0 saturated heterocycles. The molecule has 152 valence electrons. The molecule has 10 heteroatoms. The summed E-state index contributed by atoms with van der Waals surface area (Å²) in [5, 5.41) is 3.36. The van der Waals surface area contributed by atoms with Crippen molar-refractivity contribution in [2.75, 3.05) is 16.8 Å². The van der Waals surface area contributed by atoms with Gasteiger partial charge in [-0.25, -0.2) is 14.4 Å². The Morgan fingerprint density at radius 2 is 1.57 bits per heavy atom. The highest BCUT2D eigenvalue weighted by Crippen LogP contribution is 2.32. The third-order valence-electron chi connectivity index (χ3n) is 4.29. The lowest BCUT2D eigenvalue weighted by molar-refractivity contribution is -0.141. The second-order valence-corrected chi connectivity index (χ2v) is 6.45. The van der Waals surface area contributed by atoms with Gasteiger partial charge in [0.2, 0.25) is 5.95 Å². The maximum Gasteiger partial charge on any atom is 0.433 e. The number of benzene rings is 2. The first kappa shape index (κ1) is 19.4. The topological polar surface area (TPSA) is 103 Å². The normalized spacial score (nSPS) is 11.6. The quantitative estimate of drug-likeness (QED) is 0.418. The number of nitrogens with zero attached hydrogens (tertiary/aromatic N) is 3. The van der Waals surface area contributed by atoms with Crippen LogP contribution in [-0.2, 0) is 6.18 Å². The van der Waals surface area contributed by atoms with E-state index in [4.69, 9.17) is 11.5 Å². The molecule has 2 aromatic heterocycles. The molecule has 30 heavy (non-hydrogen) atoms. The fraction of sp³-hybridized carbons (Fsp3) is 0.0500. The molecular formula is C20H14F4N6. The van der Waals surface area contributed by atoms with Gasteiger partial charge in [0.15, 0.2) is 5.69 Å². The Bertz CT molecular complexity index is 1240. The first-order chi connectivity index (χ1) is 14.2. The molecule has 0 aliphatic rings. The maximum atomic E-state index is 13.1. The van der Waals surface area contributed by atoms with Gasteiger partial charge < -0.3 is 16.8 Å². The van der Waals surface area contributed by atoms with Gasteiger partial charge in [-0.2, -0.15) is 18.2 Å². The third-order valence-corrected chi connectivity index (χ3v) is 4.29. The van der Waals surface area contributed by atoms with Crippen molar-refractivity contribution in [1.82, 2.24) is 15.0 Å². The molecule has 5 N–H and O–H groups in total. The van der Waals surface area contributed by atoms with Crippen LogP contribution in [0.2, 0.25) is 0 Å². The molecule has 6 nitrogen and oxygen atoms in total. The summed E-state index contributed by atoms with van der Waals surface area (Å²) in [5.74, 6) is -0.968. The number of aromatic nitrogens is 3. The molecule has 0 unspecified atom stereocenters. The second-order valence-electron chi connectivity index (χ2n) is 6.45. The summed E-state index contributed by atoms with van der Waals surface area (Å²) in [4.78, 5) is 11.5. The van der Waals surface area contributed by atoms with Gasteiger partial charge >= 0.3 is 6.18 Å². The largest absolute Gasteiger partial charge is 0.433 e. The van der Waals surface area contributed by atoms with Crippen molar-refractivity contribution >= 4 is 34.0 Å². The molecule has 0 aliphatic carbocycles. The minimum absolute atomic E-state index is 0.108. The van der Waals surface area contributed by atoms with E-state index in [0.717, 1.165) is 6.07 Å². The number of nitrogen functional groups attached to an aromatic ring is 2. The molecule has 0 fully saturated rings. The van der Waals surface area contributed by atoms with Crippen LogP contribution in [0, 0.1) is 5.82 Å². The van der Waals surface area contributed by atoms with E-state index in [0.29, 0.717) is 33.5 Å². The number of rotatable bonds is 3. The van der Waals surface area contributed by atoms with Crippen molar-refractivity contribution in [3.63, 3.8) is 0 Å². The van der Waals surface area contributed by atoms with E-state index in [9.17, 15) is 17.6 Å². The van der Waals surface area contributed by atoms with E-state index in [1.165, 1.54) is 12.1 Å². The van der Waals surface area contributed by atoms with Crippen molar-refractivity contribution in [2.45, 2.75) is 6.18 Å². The predicted molar refractivity (Wildman–Crippen MR) is 106 cm³/mol. The highest BCUT2D eigenvalue weighted by Gasteiger charge is 2.33. The fourth-order valence-electron chi connectivity index (χ4n) is 2.92. The average molecular weight is 414 g/mol. The van der Waals surface area contributed by atoms with Gasteiger partial charge in [0, 0.05) is 28.4 Å². The number of halogens is 4. The summed E-state index contributed by atoms with van der Waals surface area (Å²) in [6.07, 6.45) is -4.65. The molecule has 2 heterocycles. The van der Waals surface area contributed by atoms with Crippen LogP contribution in [-0.4, -0.2) is 15.0 Å². The summed E-state index contributed by atoms with van der Waals surface area (Å²) < 4.78 is 51.9. The Hall–Kier alpha value is -3.95. The van der Waals surface area contributed by atoms with Crippen molar-refractivity contribution in [3.8, 4) is 11.3 Å². The van der Waals surface area contributed by atoms with Crippen LogP contribution in [0.25, 0.3) is 22.2 Å². The van der Waals surface area contributed by atoms with E-state index in [-0.39, 0.29) is 11.6 Å². The number of pyridine rings is 1. The Labute approximate surface area is 167 Å². The summed E-state index contributed by atoms with van der Waals surface area (Å²) >= 11 is 0. The lowest BCUT2D eigenvalue weighted by atomic mass is 10.1. The highest BCUT2D eigenvalue weighted by molar-refractivity contribution is 5.95. The van der Waals surface area contributed by atoms with Gasteiger partial charge in [-0.1, -0.05) is 0 Å². The van der Waals surface area contributed by atoms with Crippen LogP contribution < -0.4 is 16.8 Å². The van der Waals surface area contributed by atoms with Gasteiger partial charge in [0.25, 0.3) is 0 Å². The van der Waals surface area contributed by atoms with E-state index >= 15 is 0 Å². The first-order valence-electron chi connectivity index (χ1n) is 8.64. The number of hydrogen-bond donors (Lipinski definition) is 3. The minimum atomic E-state index is -4.65. The van der Waals surface area contributed by atoms with Gasteiger partial charge in [-0.05, 0) is 48.5 Å². The molecule has 0 saturated carbocycles. The number of fused-ring (bicyclic) bond motifs is 1. The molecule has 0 amide bonds. The summed E-state index contributed by atoms with van der Waals surface area (Å²) in [7, 11) is 0. The highest BCUT2D eigenvalue weighted by atomic mass is 19.4. The molecule has 4 aromatic rings. The van der Waals surface area contributed by atoms with Crippen molar-refractivity contribution in [2.24, 2.45) is 0 Å². The Morgan fingerprint density at radius 3 is 2.27 bits per heavy atom. The molecule has 2 aromatic carbocycles. The zero-order valence-corrected chi connectivity index (χ0v) is 15.2. The average Bonchev–Trinajstić information content (AvgIpc) is 2.68. The van der Waals surface area contributed by atoms with E-state index in [1.54, 1.807) is 36.4 Å². The lowest BCUT2D eigenvalue weighted by Crippen LogP contribution is -2.12. The van der Waals surface area contributed by atoms with E-state index in [2.05, 4.69) is 20.3 Å². The lowest BCUT2D eigenvalue weighted by Gasteiger charge is -2.12. The SMILES string of the molecule is Nc1nc(Nc2ccc3nc(-c4ccc(F)cc4)cc(N)c3c2)cc(C(F)(F)F)n1. The van der Waals surface area contributed by atoms with Crippen LogP contribution in [0.3, 0.4) is 0 Å². The molecular weight excluding hydrogens is 400 g/mol. The van der Waals surface area contributed by atoms with Gasteiger partial charge in [0.1, 0.15) is 11.6 Å². The molecule has 0 atom stereocenters. The van der Waals surface area contributed by atoms with Gasteiger partial charge in [0.05, 0.1) is 11.2 Å². The number of anilines is 4. The van der Waals surface area contributed by atoms with Gasteiger partial charge in [-0.3, -0.25) is 0 Å². The molecule has 0 bridgehead atoms. The van der Waals surface area contributed by atoms with Crippen molar-refractivity contribution in [3.05, 3.63) is 66.1 Å². The molecule has 0 radical (unpaired) electrons. The van der Waals surface area contributed by atoms with Crippen LogP contribution >= 0.6 is 0 Å². The zero-order valence-electron chi connectivity index (χ0n) is 15.2. The maximum absolute atomic E-state index is 13.1. The van der Waals surface area contributed by atoms with Crippen LogP contribution in [0.5, 0.6) is 0 Å². The predicted octanol–water partition coefficient (Wildman–Crippen LogP) is 4.76. The van der Waals surface area contributed by atoms with Crippen LogP contribution in [0.4, 0.5) is 40.7 Å². The monoisotopic (exact) mass is 414 g/mol. The third kappa shape index (κ3) is 3.93. The van der Waals surface area contributed by atoms with Crippen LogP contribution in [0.15, 0.2) is 54.6 Å². The van der Waals surface area contributed by atoms with E-state index in [1.807, 2.05) is 0 Å². The second kappa shape index (κ2) is 7.14. The van der Waals surface area contributed by atoms with Crippen LogP contribution in [0.1, 0.15) is 5.69 Å². The number of alkyl halides is 3. The molecule has 4 rings (SSSR count). The summed E-state index contributed by atoms with van der Waals surface area (Å²) in [6.45, 7) is 0. The Kier molecular flexibility index (Phi) is 4.61. The first-order valence-corrected chi connectivity index (χ1v) is 8.64. The number of nitrogens with one attached hydrogen (secondary N) is 1. The standard InChI is InChI=1S/C20H14F4N6/c21-11-3-1-10(2-4-11)16-8-14(25)13-7-12(5-6-15(13)28-16)27-18-9-17(20(22,23)24)29-19(26)30-18/h1-9H,(H2,25,28)(H3,26,27,29,30). The molecule has 0 aliphatic heterocycles. The summed E-state index contributed by atoms with van der Waals surface area (Å²) in [6, 6.07) is 13.2. The van der Waals surface area contributed by atoms with Crippen molar-refractivity contribution < 1.29 is 17.6 Å². The Balaban J connectivity index is 1.69. The zero-order chi connectivity index (χ0) is 21.5. The number of nitrogens with two attached hydrogens (primary N) is 2. The van der Waals surface area contributed by atoms with Crippen molar-refractivity contribution in [1.29, 1.82) is 0 Å². The minimum Gasteiger partial charge on any atom is -0.398 e. The number of hydrogen-bond acceptors (Lipinski definition) is 6. The van der Waals surface area contributed by atoms with Gasteiger partial charge in [-0.15, -0.1) is 0 Å². The molecule has 0 spiro atoms. The Morgan fingerprint density at radius 1 is 0.833 bits per heavy atom. The fourth-order valence-corrected chi connectivity index (χ4v) is 2.92. The smallest absolute Gasteiger partial charge is 0.398 e. The van der Waals surface area contributed by atoms with E-state index < -0.39 is 17.8 Å².